The highest BCUT2D eigenvalue weighted by Crippen LogP contribution is 2.36. The van der Waals surface area contributed by atoms with Crippen molar-refractivity contribution in [2.75, 3.05) is 20.3 Å². The zero-order chi connectivity index (χ0) is 12.3. The molecule has 1 aliphatic heterocycles. The molecule has 0 aromatic carbocycles. The van der Waals surface area contributed by atoms with Gasteiger partial charge in [-0.05, 0) is 6.92 Å². The predicted molar refractivity (Wildman–Crippen MR) is 62.7 cm³/mol. The van der Waals surface area contributed by atoms with Gasteiger partial charge in [0.05, 0.1) is 0 Å². The number of methoxy groups -OCH3 is 1. The summed E-state index contributed by atoms with van der Waals surface area (Å²) in [5, 5.41) is 10.5. The molecule has 1 aromatic heterocycles. The fourth-order valence-corrected chi connectivity index (χ4v) is 2.38. The van der Waals surface area contributed by atoms with Crippen LogP contribution in [0.1, 0.15) is 31.7 Å². The minimum atomic E-state index is -0.702. The number of aliphatic hydroxyl groups excluding tert-OH is 1. The molecular weight excluding hydrogens is 220 g/mol. The van der Waals surface area contributed by atoms with E-state index in [0.717, 1.165) is 6.54 Å². The zero-order valence-electron chi connectivity index (χ0n) is 10.4. The number of nitrogens with zero attached hydrogens (tertiary/aromatic N) is 2. The van der Waals surface area contributed by atoms with Crippen LogP contribution in [0.5, 0.6) is 0 Å². The predicted octanol–water partition coefficient (Wildman–Crippen LogP) is 1.13. The molecule has 0 spiro atoms. The molecule has 17 heavy (non-hydrogen) atoms. The van der Waals surface area contributed by atoms with Crippen LogP contribution in [-0.4, -0.2) is 40.6 Å². The van der Waals surface area contributed by atoms with Crippen LogP contribution in [0.15, 0.2) is 12.4 Å². The van der Waals surface area contributed by atoms with Gasteiger partial charge in [0.25, 0.3) is 0 Å². The summed E-state index contributed by atoms with van der Waals surface area (Å²) in [5.74, 6) is 0.677. The van der Waals surface area contributed by atoms with Crippen LogP contribution >= 0.6 is 0 Å². The van der Waals surface area contributed by atoms with Crippen LogP contribution in [0.2, 0.25) is 0 Å². The second kappa shape index (κ2) is 5.16. The number of ether oxygens (including phenoxy) is 2. The molecule has 0 bridgehead atoms. The maximum absolute atomic E-state index is 10.5. The average molecular weight is 240 g/mol. The van der Waals surface area contributed by atoms with Crippen LogP contribution in [0.4, 0.5) is 0 Å². The second-order valence-corrected chi connectivity index (χ2v) is 4.36. The van der Waals surface area contributed by atoms with Crippen LogP contribution in [0.3, 0.4) is 0 Å². The van der Waals surface area contributed by atoms with Crippen LogP contribution < -0.4 is 0 Å². The van der Waals surface area contributed by atoms with Gasteiger partial charge in [-0.25, -0.2) is 4.98 Å². The summed E-state index contributed by atoms with van der Waals surface area (Å²) in [4.78, 5) is 4.25. The number of aliphatic hydroxyl groups is 1. The number of aromatic nitrogens is 2. The molecule has 2 rings (SSSR count). The van der Waals surface area contributed by atoms with Gasteiger partial charge in [0, 0.05) is 52.1 Å². The van der Waals surface area contributed by atoms with Gasteiger partial charge in [0.15, 0.2) is 0 Å². The van der Waals surface area contributed by atoms with E-state index in [-0.39, 0.29) is 0 Å². The standard InChI is InChI=1S/C12H20N2O3/c1-3-14-7-6-13-11(14)10(15)12(16-2)4-8-17-9-5-12/h6-7,10,15H,3-5,8-9H2,1-2H3. The van der Waals surface area contributed by atoms with Crippen molar-refractivity contribution in [2.24, 2.45) is 0 Å². The average Bonchev–Trinajstić information content (AvgIpc) is 2.86. The quantitative estimate of drug-likeness (QED) is 0.857. The molecule has 0 saturated carbocycles. The van der Waals surface area contributed by atoms with Crippen molar-refractivity contribution in [1.82, 2.24) is 9.55 Å². The summed E-state index contributed by atoms with van der Waals surface area (Å²) in [6, 6.07) is 0. The van der Waals surface area contributed by atoms with E-state index in [9.17, 15) is 5.11 Å². The minimum absolute atomic E-state index is 0.559. The Morgan fingerprint density at radius 2 is 2.29 bits per heavy atom. The molecule has 0 radical (unpaired) electrons. The lowest BCUT2D eigenvalue weighted by Crippen LogP contribution is -2.44. The smallest absolute Gasteiger partial charge is 0.141 e. The largest absolute Gasteiger partial charge is 0.382 e. The molecule has 0 aliphatic carbocycles. The van der Waals surface area contributed by atoms with E-state index >= 15 is 0 Å². The highest BCUT2D eigenvalue weighted by atomic mass is 16.5. The van der Waals surface area contributed by atoms with Crippen LogP contribution in [0.25, 0.3) is 0 Å². The van der Waals surface area contributed by atoms with E-state index in [1.165, 1.54) is 0 Å². The first kappa shape index (κ1) is 12.5. The molecule has 1 unspecified atom stereocenters. The van der Waals surface area contributed by atoms with Crippen molar-refractivity contribution in [3.05, 3.63) is 18.2 Å². The van der Waals surface area contributed by atoms with Crippen molar-refractivity contribution in [2.45, 2.75) is 38.0 Å². The van der Waals surface area contributed by atoms with Gasteiger partial charge in [0.1, 0.15) is 17.5 Å². The van der Waals surface area contributed by atoms with Gasteiger partial charge in [0.2, 0.25) is 0 Å². The number of imidazole rings is 1. The fourth-order valence-electron chi connectivity index (χ4n) is 2.38. The number of hydrogen-bond donors (Lipinski definition) is 1. The monoisotopic (exact) mass is 240 g/mol. The Hall–Kier alpha value is -0.910. The molecule has 1 aromatic rings. The SMILES string of the molecule is CCn1ccnc1C(O)C1(OC)CCOCC1. The van der Waals surface area contributed by atoms with Gasteiger partial charge >= 0.3 is 0 Å². The van der Waals surface area contributed by atoms with Gasteiger partial charge in [-0.2, -0.15) is 0 Å². The Morgan fingerprint density at radius 1 is 1.59 bits per heavy atom. The first-order chi connectivity index (χ1) is 8.23. The zero-order valence-corrected chi connectivity index (χ0v) is 10.4. The molecule has 1 saturated heterocycles. The lowest BCUT2D eigenvalue weighted by molar-refractivity contribution is -0.157. The maximum Gasteiger partial charge on any atom is 0.141 e. The van der Waals surface area contributed by atoms with Crippen molar-refractivity contribution in [3.8, 4) is 0 Å². The van der Waals surface area contributed by atoms with Crippen molar-refractivity contribution in [1.29, 1.82) is 0 Å². The summed E-state index contributed by atoms with van der Waals surface area (Å²) in [6.07, 6.45) is 4.28. The van der Waals surface area contributed by atoms with Gasteiger partial charge in [-0.15, -0.1) is 0 Å². The summed E-state index contributed by atoms with van der Waals surface area (Å²) < 4.78 is 12.9. The second-order valence-electron chi connectivity index (χ2n) is 4.36. The topological polar surface area (TPSA) is 56.5 Å². The van der Waals surface area contributed by atoms with Gasteiger partial charge in [-0.1, -0.05) is 0 Å². The first-order valence-corrected chi connectivity index (χ1v) is 6.05. The molecule has 96 valence electrons. The van der Waals surface area contributed by atoms with Gasteiger partial charge in [-0.3, -0.25) is 0 Å². The Morgan fingerprint density at radius 3 is 2.88 bits per heavy atom. The number of rotatable bonds is 4. The highest BCUT2D eigenvalue weighted by molar-refractivity contribution is 5.05. The lowest BCUT2D eigenvalue weighted by Gasteiger charge is -2.39. The van der Waals surface area contributed by atoms with E-state index < -0.39 is 11.7 Å². The van der Waals surface area contributed by atoms with E-state index in [1.54, 1.807) is 13.3 Å². The van der Waals surface area contributed by atoms with Crippen molar-refractivity contribution >= 4 is 0 Å². The van der Waals surface area contributed by atoms with Gasteiger partial charge < -0.3 is 19.1 Å². The molecule has 1 aliphatic rings. The van der Waals surface area contributed by atoms with E-state index in [1.807, 2.05) is 17.7 Å². The molecule has 1 atom stereocenters. The third kappa shape index (κ3) is 2.22. The summed E-state index contributed by atoms with van der Waals surface area (Å²) >= 11 is 0. The molecule has 5 nitrogen and oxygen atoms in total. The fraction of sp³-hybridized carbons (Fsp3) is 0.750. The summed E-state index contributed by atoms with van der Waals surface area (Å²) in [6.45, 7) is 4.07. The van der Waals surface area contributed by atoms with E-state index in [0.29, 0.717) is 31.9 Å². The minimum Gasteiger partial charge on any atom is -0.382 e. The Bertz CT molecular complexity index is 358. The maximum atomic E-state index is 10.5. The number of aryl methyl sites for hydroxylation is 1. The molecule has 1 fully saturated rings. The van der Waals surface area contributed by atoms with E-state index in [4.69, 9.17) is 9.47 Å². The summed E-state index contributed by atoms with van der Waals surface area (Å²) in [7, 11) is 1.65. The van der Waals surface area contributed by atoms with Crippen molar-refractivity contribution in [3.63, 3.8) is 0 Å². The number of hydrogen-bond acceptors (Lipinski definition) is 4. The Balaban J connectivity index is 2.24. The van der Waals surface area contributed by atoms with E-state index in [2.05, 4.69) is 4.98 Å². The lowest BCUT2D eigenvalue weighted by atomic mass is 9.87. The Kier molecular flexibility index (Phi) is 3.81. The molecule has 5 heteroatoms. The highest BCUT2D eigenvalue weighted by Gasteiger charge is 2.42. The van der Waals surface area contributed by atoms with Crippen LogP contribution in [0, 0.1) is 0 Å². The van der Waals surface area contributed by atoms with Crippen molar-refractivity contribution < 1.29 is 14.6 Å². The molecule has 1 N–H and O–H groups in total. The molecule has 2 heterocycles. The van der Waals surface area contributed by atoms with Crippen LogP contribution in [-0.2, 0) is 16.0 Å². The first-order valence-electron chi connectivity index (χ1n) is 6.05. The molecule has 0 amide bonds. The third-order valence-corrected chi connectivity index (χ3v) is 3.58. The summed E-state index contributed by atoms with van der Waals surface area (Å²) in [5.41, 5.74) is -0.559. The normalized spacial score (nSPS) is 21.4. The Labute approximate surface area is 101 Å². The third-order valence-electron chi connectivity index (χ3n) is 3.58. The molecular formula is C12H20N2O3.